The number of nitrogens with zero attached hydrogens (tertiary/aromatic N) is 2. The van der Waals surface area contributed by atoms with Gasteiger partial charge >= 0.3 is 0 Å². The van der Waals surface area contributed by atoms with Crippen molar-refractivity contribution in [2.24, 2.45) is 0 Å². The van der Waals surface area contributed by atoms with E-state index in [4.69, 9.17) is 0 Å². The van der Waals surface area contributed by atoms with Gasteiger partial charge in [-0.1, -0.05) is 0 Å². The van der Waals surface area contributed by atoms with Crippen molar-refractivity contribution in [2.45, 2.75) is 6.92 Å². The van der Waals surface area contributed by atoms with Gasteiger partial charge in [0, 0.05) is 11.3 Å². The number of hydrogen-bond donors (Lipinski definition) is 2. The fourth-order valence-corrected chi connectivity index (χ4v) is 1.29. The summed E-state index contributed by atoms with van der Waals surface area (Å²) in [5.74, 6) is -0.253. The lowest BCUT2D eigenvalue weighted by Gasteiger charge is -2.03. The minimum absolute atomic E-state index is 0.0156. The average Bonchev–Trinajstić information content (AvgIpc) is 2.83. The minimum atomic E-state index is -0.377. The Morgan fingerprint density at radius 2 is 1.94 bits per heavy atom. The normalized spacial score (nSPS) is 9.94. The number of H-pyrrole nitrogens is 1. The van der Waals surface area contributed by atoms with Gasteiger partial charge < -0.3 is 5.32 Å². The van der Waals surface area contributed by atoms with E-state index < -0.39 is 0 Å². The molecule has 0 saturated carbocycles. The molecule has 2 rings (SSSR count). The summed E-state index contributed by atoms with van der Waals surface area (Å²) in [6.45, 7) is 1.49. The minimum Gasteiger partial charge on any atom is -0.319 e. The first-order valence-electron chi connectivity index (χ1n) is 4.94. The molecule has 0 aliphatic heterocycles. The highest BCUT2D eigenvalue weighted by Crippen LogP contribution is 2.10. The van der Waals surface area contributed by atoms with Crippen molar-refractivity contribution >= 4 is 17.4 Å². The highest BCUT2D eigenvalue weighted by molar-refractivity contribution is 6.01. The zero-order valence-electron chi connectivity index (χ0n) is 9.10. The zero-order valence-corrected chi connectivity index (χ0v) is 9.10. The smallest absolute Gasteiger partial charge is 0.292 e. The molecule has 1 aromatic heterocycles. The van der Waals surface area contributed by atoms with Crippen LogP contribution in [0, 0.1) is 0 Å². The van der Waals surface area contributed by atoms with Gasteiger partial charge in [0.25, 0.3) is 5.91 Å². The Balaban J connectivity index is 2.09. The van der Waals surface area contributed by atoms with Crippen LogP contribution in [0.4, 0.5) is 5.69 Å². The van der Waals surface area contributed by atoms with Crippen molar-refractivity contribution in [1.29, 1.82) is 0 Å². The van der Waals surface area contributed by atoms with Crippen LogP contribution in [0.1, 0.15) is 27.9 Å². The van der Waals surface area contributed by atoms with Crippen LogP contribution >= 0.6 is 0 Å². The fourth-order valence-electron chi connectivity index (χ4n) is 1.29. The van der Waals surface area contributed by atoms with E-state index in [1.165, 1.54) is 13.3 Å². The van der Waals surface area contributed by atoms with Crippen molar-refractivity contribution in [2.75, 3.05) is 5.32 Å². The van der Waals surface area contributed by atoms with Gasteiger partial charge in [0.2, 0.25) is 5.82 Å². The first kappa shape index (κ1) is 11.0. The Labute approximate surface area is 97.1 Å². The lowest BCUT2D eigenvalue weighted by atomic mass is 10.1. The molecular formula is C11H10N4O2. The number of hydrogen-bond acceptors (Lipinski definition) is 4. The Kier molecular flexibility index (Phi) is 2.95. The van der Waals surface area contributed by atoms with E-state index in [1.807, 2.05) is 0 Å². The average molecular weight is 230 g/mol. The topological polar surface area (TPSA) is 87.7 Å². The lowest BCUT2D eigenvalue weighted by Crippen LogP contribution is -2.13. The maximum absolute atomic E-state index is 11.6. The van der Waals surface area contributed by atoms with Gasteiger partial charge in [0.05, 0.1) is 0 Å². The van der Waals surface area contributed by atoms with E-state index in [9.17, 15) is 9.59 Å². The summed E-state index contributed by atoms with van der Waals surface area (Å²) in [5, 5.41) is 8.67. The fraction of sp³-hybridized carbons (Fsp3) is 0.0909. The van der Waals surface area contributed by atoms with Crippen LogP contribution in [-0.4, -0.2) is 26.9 Å². The Bertz CT molecular complexity index is 531. The molecule has 0 aliphatic carbocycles. The number of carbonyl (C=O) groups is 2. The third-order valence-electron chi connectivity index (χ3n) is 2.18. The lowest BCUT2D eigenvalue weighted by molar-refractivity contribution is 0.101. The standard InChI is InChI=1S/C11H10N4O2/c1-7(16)8-2-4-9(5-3-8)14-11(17)10-12-6-13-15-10/h2-6H,1H3,(H,14,17)(H,12,13,15). The second-order valence-electron chi connectivity index (χ2n) is 3.42. The van der Waals surface area contributed by atoms with Gasteiger partial charge in [0.15, 0.2) is 5.78 Å². The second-order valence-corrected chi connectivity index (χ2v) is 3.42. The van der Waals surface area contributed by atoms with Gasteiger partial charge in [-0.3, -0.25) is 14.7 Å². The van der Waals surface area contributed by atoms with Gasteiger partial charge in [-0.05, 0) is 31.2 Å². The Morgan fingerprint density at radius 3 is 2.47 bits per heavy atom. The van der Waals surface area contributed by atoms with Crippen molar-refractivity contribution in [3.63, 3.8) is 0 Å². The number of Topliss-reactive ketones (excluding diaryl/α,β-unsaturated/α-hetero) is 1. The maximum Gasteiger partial charge on any atom is 0.292 e. The highest BCUT2D eigenvalue weighted by atomic mass is 16.2. The van der Waals surface area contributed by atoms with Crippen LogP contribution < -0.4 is 5.32 Å². The summed E-state index contributed by atoms with van der Waals surface area (Å²) in [4.78, 5) is 26.4. The molecule has 1 heterocycles. The molecule has 0 aliphatic rings. The third kappa shape index (κ3) is 2.54. The van der Waals surface area contributed by atoms with Crippen molar-refractivity contribution in [3.8, 4) is 0 Å². The van der Waals surface area contributed by atoms with Gasteiger partial charge in [-0.15, -0.1) is 0 Å². The monoisotopic (exact) mass is 230 g/mol. The predicted octanol–water partition coefficient (Wildman–Crippen LogP) is 1.26. The predicted molar refractivity (Wildman–Crippen MR) is 60.8 cm³/mol. The number of carbonyl (C=O) groups excluding carboxylic acids is 2. The van der Waals surface area contributed by atoms with Crippen LogP contribution in [0.2, 0.25) is 0 Å². The first-order valence-corrected chi connectivity index (χ1v) is 4.94. The molecule has 86 valence electrons. The summed E-state index contributed by atoms with van der Waals surface area (Å²) < 4.78 is 0. The molecule has 2 N–H and O–H groups in total. The SMILES string of the molecule is CC(=O)c1ccc(NC(=O)c2ncn[nH]2)cc1. The molecule has 1 aromatic carbocycles. The van der Waals surface area contributed by atoms with E-state index in [0.29, 0.717) is 11.3 Å². The largest absolute Gasteiger partial charge is 0.319 e. The Hall–Kier alpha value is -2.50. The number of aromatic nitrogens is 3. The van der Waals surface area contributed by atoms with Crippen LogP contribution in [0.5, 0.6) is 0 Å². The molecular weight excluding hydrogens is 220 g/mol. The van der Waals surface area contributed by atoms with E-state index in [-0.39, 0.29) is 17.5 Å². The molecule has 0 bridgehead atoms. The molecule has 2 aromatic rings. The van der Waals surface area contributed by atoms with E-state index in [0.717, 1.165) is 0 Å². The number of anilines is 1. The van der Waals surface area contributed by atoms with Crippen molar-refractivity contribution < 1.29 is 9.59 Å². The van der Waals surface area contributed by atoms with Crippen LogP contribution in [0.25, 0.3) is 0 Å². The third-order valence-corrected chi connectivity index (χ3v) is 2.18. The number of aromatic amines is 1. The summed E-state index contributed by atoms with van der Waals surface area (Å²) >= 11 is 0. The Morgan fingerprint density at radius 1 is 1.24 bits per heavy atom. The number of benzene rings is 1. The molecule has 0 atom stereocenters. The first-order chi connectivity index (χ1) is 8.16. The molecule has 0 spiro atoms. The number of amides is 1. The number of rotatable bonds is 3. The second kappa shape index (κ2) is 4.56. The van der Waals surface area contributed by atoms with Crippen LogP contribution in [-0.2, 0) is 0 Å². The molecule has 0 fully saturated rings. The molecule has 0 saturated heterocycles. The number of nitrogens with one attached hydrogen (secondary N) is 2. The molecule has 17 heavy (non-hydrogen) atoms. The molecule has 6 nitrogen and oxygen atoms in total. The van der Waals surface area contributed by atoms with E-state index in [2.05, 4.69) is 20.5 Å². The molecule has 1 amide bonds. The van der Waals surface area contributed by atoms with E-state index in [1.54, 1.807) is 24.3 Å². The highest BCUT2D eigenvalue weighted by Gasteiger charge is 2.08. The summed E-state index contributed by atoms with van der Waals surface area (Å²) in [6, 6.07) is 6.62. The van der Waals surface area contributed by atoms with Gasteiger partial charge in [-0.2, -0.15) is 5.10 Å². The number of ketones is 1. The van der Waals surface area contributed by atoms with Gasteiger partial charge in [-0.25, -0.2) is 4.98 Å². The van der Waals surface area contributed by atoms with Crippen LogP contribution in [0.3, 0.4) is 0 Å². The van der Waals surface area contributed by atoms with Crippen molar-refractivity contribution in [3.05, 3.63) is 42.0 Å². The summed E-state index contributed by atoms with van der Waals surface area (Å²) in [5.41, 5.74) is 1.19. The summed E-state index contributed by atoms with van der Waals surface area (Å²) in [7, 11) is 0. The maximum atomic E-state index is 11.6. The molecule has 0 radical (unpaired) electrons. The molecule has 6 heteroatoms. The quantitative estimate of drug-likeness (QED) is 0.777. The summed E-state index contributed by atoms with van der Waals surface area (Å²) in [6.07, 6.45) is 1.26. The van der Waals surface area contributed by atoms with Crippen LogP contribution in [0.15, 0.2) is 30.6 Å². The van der Waals surface area contributed by atoms with Gasteiger partial charge in [0.1, 0.15) is 6.33 Å². The molecule has 0 unspecified atom stereocenters. The van der Waals surface area contributed by atoms with Crippen molar-refractivity contribution in [1.82, 2.24) is 15.2 Å². The zero-order chi connectivity index (χ0) is 12.3. The van der Waals surface area contributed by atoms with E-state index >= 15 is 0 Å².